The first kappa shape index (κ1) is 82.3. The van der Waals surface area contributed by atoms with Crippen LogP contribution in [-0.4, -0.2) is 73.5 Å². The Morgan fingerprint density at radius 1 is 0.135 bits per heavy atom. The van der Waals surface area contributed by atoms with Crippen molar-refractivity contribution < 1.29 is 0 Å². The van der Waals surface area contributed by atoms with Crippen molar-refractivity contribution in [3.63, 3.8) is 0 Å². The van der Waals surface area contributed by atoms with Gasteiger partial charge in [-0.25, -0.2) is 59.8 Å². The highest BCUT2D eigenvalue weighted by molar-refractivity contribution is 6.24. The summed E-state index contributed by atoms with van der Waals surface area (Å²) in [6.07, 6.45) is 5.54. The van der Waals surface area contributed by atoms with Gasteiger partial charge in [-0.2, -0.15) is 0 Å². The number of hydrogen-bond acceptors (Lipinski definition) is 12. The topological polar surface area (TPSA) is 169 Å². The van der Waals surface area contributed by atoms with Crippen LogP contribution in [0.15, 0.2) is 480 Å². The van der Waals surface area contributed by atoms with Crippen LogP contribution in [0, 0.1) is 0 Å². The highest BCUT2D eigenvalue weighted by Crippen LogP contribution is 2.44. The first-order valence-corrected chi connectivity index (χ1v) is 47.0. The summed E-state index contributed by atoms with van der Waals surface area (Å²) in [6, 6.07) is 159. The maximum atomic E-state index is 5.16. The van der Waals surface area contributed by atoms with Crippen LogP contribution >= 0.6 is 0 Å². The van der Waals surface area contributed by atoms with Gasteiger partial charge in [0.05, 0.1) is 33.1 Å². The fraction of sp³-hybridized carbons (Fsp3) is 0. The van der Waals surface area contributed by atoms with Crippen LogP contribution in [0.25, 0.3) is 261 Å². The molecule has 0 bridgehead atoms. The van der Waals surface area contributed by atoms with Crippen LogP contribution in [-0.2, 0) is 0 Å². The van der Waals surface area contributed by atoms with Gasteiger partial charge >= 0.3 is 0 Å². The second kappa shape index (κ2) is 35.1. The molecule has 0 fully saturated rings. The van der Waals surface area contributed by atoms with Crippen molar-refractivity contribution in [3.05, 3.63) is 480 Å². The molecule has 0 N–H and O–H groups in total. The van der Waals surface area contributed by atoms with Crippen molar-refractivity contribution in [3.8, 4) is 131 Å². The highest BCUT2D eigenvalue weighted by Gasteiger charge is 2.25. The number of rotatable bonds is 13. The molecule has 658 valence electrons. The van der Waals surface area contributed by atoms with E-state index in [2.05, 4.69) is 390 Å². The molecule has 15 heteroatoms. The predicted molar refractivity (Wildman–Crippen MR) is 575 cm³/mol. The third-order valence-corrected chi connectivity index (χ3v) is 26.7. The van der Waals surface area contributed by atoms with Crippen molar-refractivity contribution in [1.82, 2.24) is 73.5 Å². The van der Waals surface area contributed by atoms with Crippen molar-refractivity contribution in [1.29, 1.82) is 0 Å². The molecule has 9 aromatic heterocycles. The molecule has 15 nitrogen and oxygen atoms in total. The summed E-state index contributed by atoms with van der Waals surface area (Å²) in [6.45, 7) is 0. The van der Waals surface area contributed by atoms with Gasteiger partial charge in [-0.3, -0.25) is 13.7 Å². The molecule has 0 saturated heterocycles. The number of benzene rings is 19. The summed E-state index contributed by atoms with van der Waals surface area (Å²) in [5.74, 6) is 7.97. The van der Waals surface area contributed by atoms with E-state index in [4.69, 9.17) is 59.8 Å². The lowest BCUT2D eigenvalue weighted by Gasteiger charge is -2.12. The SMILES string of the molecule is c1ccc(-c2ccc(-c3nc(-c4ccccc4)nc(-c4ccnc(-n5c6ccccc6c6c7ccccc7ccc65)c4)n3)cc2)cc1.c1ccc(-c2nc(-c3ccnc(-n4c5ccccc5c5c6ccccc6ccc54)c3)nc(-c3cccc4ccccc34)n2)cc1.c1ccc2c(-c3nc(-c4ccnc(-n5c6ccccc6c6c7ccccc7ccc65)c4)nc(-c4cccc5ccccc45)n3)cccc2c1. The average Bonchev–Trinajstić information content (AvgIpc) is 1.58. The maximum Gasteiger partial charge on any atom is 0.164 e. The second-order valence-corrected chi connectivity index (χ2v) is 35.0. The zero-order valence-corrected chi connectivity index (χ0v) is 75.8. The number of fused-ring (bicyclic) bond motifs is 18. The Hall–Kier alpha value is -19.4. The van der Waals surface area contributed by atoms with E-state index in [1.165, 1.54) is 70.2 Å². The maximum absolute atomic E-state index is 5.16. The van der Waals surface area contributed by atoms with Gasteiger partial charge < -0.3 is 0 Å². The third-order valence-electron chi connectivity index (χ3n) is 26.7. The van der Waals surface area contributed by atoms with Crippen molar-refractivity contribution in [2.24, 2.45) is 0 Å². The molecule has 0 amide bonds. The molecule has 0 aliphatic rings. The second-order valence-electron chi connectivity index (χ2n) is 35.0. The normalized spacial score (nSPS) is 11.5. The largest absolute Gasteiger partial charge is 0.294 e. The Balaban J connectivity index is 0.000000109. The average molecular weight is 1800 g/mol. The molecular weight excluding hydrogens is 1720 g/mol. The van der Waals surface area contributed by atoms with Gasteiger partial charge in [0.2, 0.25) is 0 Å². The fourth-order valence-electron chi connectivity index (χ4n) is 20.1. The molecule has 28 aromatic rings. The minimum atomic E-state index is 0.593. The van der Waals surface area contributed by atoms with Gasteiger partial charge in [0.1, 0.15) is 17.5 Å². The smallest absolute Gasteiger partial charge is 0.164 e. The van der Waals surface area contributed by atoms with Gasteiger partial charge in [0.25, 0.3) is 0 Å². The number of aromatic nitrogens is 15. The summed E-state index contributed by atoms with van der Waals surface area (Å²) < 4.78 is 6.73. The van der Waals surface area contributed by atoms with Gasteiger partial charge in [0, 0.05) is 101 Å². The van der Waals surface area contributed by atoms with E-state index < -0.39 is 0 Å². The molecule has 0 atom stereocenters. The van der Waals surface area contributed by atoms with E-state index in [-0.39, 0.29) is 0 Å². The van der Waals surface area contributed by atoms with E-state index >= 15 is 0 Å². The summed E-state index contributed by atoms with van der Waals surface area (Å²) in [5.41, 5.74) is 17.2. The lowest BCUT2D eigenvalue weighted by molar-refractivity contribution is 1.05. The van der Waals surface area contributed by atoms with Gasteiger partial charge in [-0.15, -0.1) is 0 Å². The molecule has 141 heavy (non-hydrogen) atoms. The minimum absolute atomic E-state index is 0.593. The van der Waals surface area contributed by atoms with Crippen LogP contribution in [0.3, 0.4) is 0 Å². The standard InChI is InChI=1S/C44H27N5.C42H27N5.C40H25N5/c1-4-16-32-28(11-1)14-9-20-35(32)43-46-42(47-44(48-43)36-21-10-15-29-12-2-5-17-33(29)36)31-25-26-45-40(27-31)49-38-22-8-7-19-37(38)41-34-18-6-3-13-30(34)23-24-39(41)49;1-3-11-28(12-4-1)29-19-21-32(22-20-29)41-44-40(31-14-5-2-6-15-31)45-42(46-41)33-25-26-43-38(27-33)47-36-18-10-9-17-35(36)39-34-16-8-7-13-30(34)23-24-37(39)47;1-2-13-28(14-3-1)38-42-39(44-40(43-38)32-19-10-15-26-11-4-6-16-30(26)32)29-23-24-41-36(25-29)45-34-20-9-8-18-33(34)37-31-17-7-5-12-27(31)21-22-35(37)45/h1-27H;1-27H;1-25H. The Bertz CT molecular complexity index is 9670. The molecule has 19 aromatic carbocycles. The highest BCUT2D eigenvalue weighted by atomic mass is 15.1. The monoisotopic (exact) mass is 1800 g/mol. The van der Waals surface area contributed by atoms with E-state index in [0.717, 1.165) is 139 Å². The molecule has 28 rings (SSSR count). The van der Waals surface area contributed by atoms with Crippen LogP contribution in [0.5, 0.6) is 0 Å². The summed E-state index contributed by atoms with van der Waals surface area (Å²) in [7, 11) is 0. The van der Waals surface area contributed by atoms with E-state index in [1.807, 2.05) is 104 Å². The van der Waals surface area contributed by atoms with Crippen LogP contribution < -0.4 is 0 Å². The lowest BCUT2D eigenvalue weighted by Crippen LogP contribution is -2.02. The zero-order valence-electron chi connectivity index (χ0n) is 75.8. The molecular formula is C126H79N15. The summed E-state index contributed by atoms with van der Waals surface area (Å²) >= 11 is 0. The third kappa shape index (κ3) is 15.0. The molecule has 0 radical (unpaired) electrons. The van der Waals surface area contributed by atoms with Crippen LogP contribution in [0.2, 0.25) is 0 Å². The first-order valence-electron chi connectivity index (χ1n) is 47.0. The van der Waals surface area contributed by atoms with Crippen LogP contribution in [0.1, 0.15) is 0 Å². The molecule has 0 saturated carbocycles. The Morgan fingerprint density at radius 3 is 0.674 bits per heavy atom. The summed E-state index contributed by atoms with van der Waals surface area (Å²) in [4.78, 5) is 60.2. The zero-order chi connectivity index (χ0) is 93.2. The van der Waals surface area contributed by atoms with E-state index in [1.54, 1.807) is 0 Å². The predicted octanol–water partition coefficient (Wildman–Crippen LogP) is 30.7. The van der Waals surface area contributed by atoms with Gasteiger partial charge in [-0.05, 0) is 149 Å². The Labute approximate surface area is 808 Å². The number of hydrogen-bond donors (Lipinski definition) is 0. The van der Waals surface area contributed by atoms with E-state index in [9.17, 15) is 0 Å². The fourth-order valence-corrected chi connectivity index (χ4v) is 20.1. The molecule has 0 aliphatic carbocycles. The molecule has 9 heterocycles. The van der Waals surface area contributed by atoms with Crippen molar-refractivity contribution in [2.75, 3.05) is 0 Å². The number of pyridine rings is 3. The van der Waals surface area contributed by atoms with Gasteiger partial charge in [0.15, 0.2) is 52.4 Å². The Kier molecular flexibility index (Phi) is 20.5. The summed E-state index contributed by atoms with van der Waals surface area (Å²) in [5, 5.41) is 21.3. The Morgan fingerprint density at radius 2 is 0.355 bits per heavy atom. The van der Waals surface area contributed by atoms with E-state index in [0.29, 0.717) is 52.4 Å². The molecule has 0 spiro atoms. The van der Waals surface area contributed by atoms with Gasteiger partial charge in [-0.1, -0.05) is 388 Å². The number of nitrogens with zero attached hydrogens (tertiary/aromatic N) is 15. The molecule has 0 unspecified atom stereocenters. The van der Waals surface area contributed by atoms with Crippen LogP contribution in [0.4, 0.5) is 0 Å². The first-order chi connectivity index (χ1) is 69.9. The van der Waals surface area contributed by atoms with Crippen molar-refractivity contribution in [2.45, 2.75) is 0 Å². The number of para-hydroxylation sites is 3. The quantitative estimate of drug-likeness (QED) is 0.107. The molecule has 0 aliphatic heterocycles. The van der Waals surface area contributed by atoms with Crippen molar-refractivity contribution >= 4 is 130 Å². The lowest BCUT2D eigenvalue weighted by atomic mass is 10.0. The minimum Gasteiger partial charge on any atom is -0.294 e.